The highest BCUT2D eigenvalue weighted by Crippen LogP contribution is 2.37. The summed E-state index contributed by atoms with van der Waals surface area (Å²) in [5, 5.41) is 2.88. The van der Waals surface area contributed by atoms with E-state index in [1.54, 1.807) is 24.3 Å². The second-order valence-corrected chi connectivity index (χ2v) is 8.48. The number of hydrogen-bond acceptors (Lipinski definition) is 4. The molecule has 1 aliphatic rings. The number of anilines is 2. The highest BCUT2D eigenvalue weighted by atomic mass is 79.9. The molecule has 0 radical (unpaired) electrons. The van der Waals surface area contributed by atoms with Crippen LogP contribution in [0.5, 0.6) is 0 Å². The van der Waals surface area contributed by atoms with Crippen molar-refractivity contribution in [3.8, 4) is 0 Å². The Labute approximate surface area is 185 Å². The number of carbonyl (C=O) groups excluding carboxylic acids is 1. The maximum Gasteiger partial charge on any atom is 0.437 e. The predicted octanol–water partition coefficient (Wildman–Crippen LogP) is 5.57. The first kappa shape index (κ1) is 21.5. The Morgan fingerprint density at radius 1 is 1.16 bits per heavy atom. The Bertz CT molecular complexity index is 1140. The number of hydrogen-bond donors (Lipinski definition) is 1. The number of carbonyl (C=O) groups is 1. The van der Waals surface area contributed by atoms with Crippen molar-refractivity contribution in [3.63, 3.8) is 0 Å². The number of aromatic nitrogens is 2. The van der Waals surface area contributed by atoms with Crippen molar-refractivity contribution in [2.75, 3.05) is 23.3 Å². The molecule has 1 atom stereocenters. The molecule has 2 aromatic carbocycles. The van der Waals surface area contributed by atoms with E-state index in [1.807, 2.05) is 19.1 Å². The molecular formula is C22H20BrF3N4O. The van der Waals surface area contributed by atoms with Crippen molar-refractivity contribution in [2.24, 2.45) is 5.92 Å². The van der Waals surface area contributed by atoms with E-state index in [9.17, 15) is 18.0 Å². The molecule has 1 amide bonds. The fourth-order valence-corrected chi connectivity index (χ4v) is 4.00. The van der Waals surface area contributed by atoms with Crippen LogP contribution in [0.1, 0.15) is 24.1 Å². The highest BCUT2D eigenvalue weighted by molar-refractivity contribution is 9.10. The molecule has 0 unspecified atom stereocenters. The van der Waals surface area contributed by atoms with Crippen LogP contribution >= 0.6 is 15.9 Å². The summed E-state index contributed by atoms with van der Waals surface area (Å²) in [6, 6.07) is 12.0. The molecule has 162 valence electrons. The summed E-state index contributed by atoms with van der Waals surface area (Å²) in [5.41, 5.74) is 1.20. The first-order valence-corrected chi connectivity index (χ1v) is 10.7. The summed E-state index contributed by atoms with van der Waals surface area (Å²) in [7, 11) is 0. The summed E-state index contributed by atoms with van der Waals surface area (Å²) < 4.78 is 42.1. The molecule has 1 saturated heterocycles. The third-order valence-corrected chi connectivity index (χ3v) is 6.23. The molecule has 31 heavy (non-hydrogen) atoms. The van der Waals surface area contributed by atoms with Gasteiger partial charge in [0, 0.05) is 23.2 Å². The number of benzene rings is 2. The molecule has 1 aliphatic heterocycles. The van der Waals surface area contributed by atoms with Gasteiger partial charge in [-0.2, -0.15) is 13.2 Å². The minimum atomic E-state index is -4.64. The van der Waals surface area contributed by atoms with E-state index >= 15 is 0 Å². The molecule has 0 bridgehead atoms. The van der Waals surface area contributed by atoms with Crippen LogP contribution in [-0.4, -0.2) is 29.0 Å². The minimum Gasteiger partial charge on any atom is -0.354 e. The van der Waals surface area contributed by atoms with Crippen LogP contribution < -0.4 is 10.2 Å². The molecule has 3 aromatic rings. The molecule has 4 rings (SSSR count). The predicted molar refractivity (Wildman–Crippen MR) is 117 cm³/mol. The van der Waals surface area contributed by atoms with Gasteiger partial charge in [-0.1, -0.05) is 28.1 Å². The van der Waals surface area contributed by atoms with Crippen LogP contribution in [0.2, 0.25) is 0 Å². The van der Waals surface area contributed by atoms with Crippen LogP contribution in [-0.2, 0) is 11.0 Å². The lowest BCUT2D eigenvalue weighted by molar-refractivity contribution is -0.140. The van der Waals surface area contributed by atoms with Crippen LogP contribution in [0, 0.1) is 12.8 Å². The van der Waals surface area contributed by atoms with Crippen molar-refractivity contribution < 1.29 is 18.0 Å². The second-order valence-electron chi connectivity index (χ2n) is 7.62. The Hall–Kier alpha value is -2.68. The number of nitrogens with one attached hydrogen (secondary N) is 1. The van der Waals surface area contributed by atoms with Gasteiger partial charge >= 0.3 is 6.18 Å². The zero-order valence-corrected chi connectivity index (χ0v) is 18.3. The number of piperidine rings is 1. The average Bonchev–Trinajstić information content (AvgIpc) is 2.75. The first-order valence-electron chi connectivity index (χ1n) is 9.88. The van der Waals surface area contributed by atoms with Gasteiger partial charge < -0.3 is 10.2 Å². The van der Waals surface area contributed by atoms with Gasteiger partial charge in [-0.05, 0) is 55.7 Å². The maximum absolute atomic E-state index is 13.7. The van der Waals surface area contributed by atoms with Crippen molar-refractivity contribution >= 4 is 44.4 Å². The number of amides is 1. The summed E-state index contributed by atoms with van der Waals surface area (Å²) in [4.78, 5) is 22.5. The van der Waals surface area contributed by atoms with E-state index < -0.39 is 17.8 Å². The third kappa shape index (κ3) is 4.66. The van der Waals surface area contributed by atoms with Gasteiger partial charge in [-0.15, -0.1) is 0 Å². The quantitative estimate of drug-likeness (QED) is 0.518. The molecular weight excluding hydrogens is 473 g/mol. The van der Waals surface area contributed by atoms with Gasteiger partial charge in [0.1, 0.15) is 0 Å². The highest BCUT2D eigenvalue weighted by Gasteiger charge is 2.40. The van der Waals surface area contributed by atoms with E-state index in [4.69, 9.17) is 0 Å². The molecule has 1 N–H and O–H groups in total. The Morgan fingerprint density at radius 3 is 2.55 bits per heavy atom. The lowest BCUT2D eigenvalue weighted by atomic mass is 9.96. The number of para-hydroxylation sites is 2. The Morgan fingerprint density at radius 2 is 1.87 bits per heavy atom. The van der Waals surface area contributed by atoms with Crippen molar-refractivity contribution in [2.45, 2.75) is 25.9 Å². The molecule has 2 heterocycles. The van der Waals surface area contributed by atoms with Crippen LogP contribution in [0.25, 0.3) is 11.0 Å². The van der Waals surface area contributed by atoms with E-state index in [2.05, 4.69) is 31.2 Å². The third-order valence-electron chi connectivity index (χ3n) is 5.34. The number of rotatable bonds is 3. The fourth-order valence-electron chi connectivity index (χ4n) is 3.75. The number of aryl methyl sites for hydroxylation is 1. The normalized spacial score (nSPS) is 17.1. The van der Waals surface area contributed by atoms with Crippen LogP contribution in [0.15, 0.2) is 46.9 Å². The van der Waals surface area contributed by atoms with E-state index in [1.165, 1.54) is 11.0 Å². The van der Waals surface area contributed by atoms with Crippen LogP contribution in [0.3, 0.4) is 0 Å². The van der Waals surface area contributed by atoms with Gasteiger partial charge in [-0.3, -0.25) is 4.79 Å². The summed E-state index contributed by atoms with van der Waals surface area (Å²) in [6.07, 6.45) is -3.46. The topological polar surface area (TPSA) is 58.1 Å². The molecule has 0 spiro atoms. The van der Waals surface area contributed by atoms with E-state index in [-0.39, 0.29) is 23.8 Å². The molecule has 1 fully saturated rings. The van der Waals surface area contributed by atoms with Gasteiger partial charge in [0.2, 0.25) is 5.91 Å². The Kier molecular flexibility index (Phi) is 5.88. The van der Waals surface area contributed by atoms with Crippen molar-refractivity contribution in [1.29, 1.82) is 0 Å². The number of fused-ring (bicyclic) bond motifs is 1. The van der Waals surface area contributed by atoms with Gasteiger partial charge in [-0.25, -0.2) is 9.97 Å². The summed E-state index contributed by atoms with van der Waals surface area (Å²) in [5.74, 6) is -0.885. The van der Waals surface area contributed by atoms with Gasteiger partial charge in [0.25, 0.3) is 0 Å². The zero-order valence-electron chi connectivity index (χ0n) is 16.7. The lowest BCUT2D eigenvalue weighted by Crippen LogP contribution is -2.42. The largest absolute Gasteiger partial charge is 0.437 e. The van der Waals surface area contributed by atoms with Crippen LogP contribution in [0.4, 0.5) is 24.7 Å². The first-order chi connectivity index (χ1) is 14.7. The lowest BCUT2D eigenvalue weighted by Gasteiger charge is -2.34. The second kappa shape index (κ2) is 8.45. The maximum atomic E-state index is 13.7. The number of halogens is 4. The van der Waals surface area contributed by atoms with Gasteiger partial charge in [0.05, 0.1) is 17.0 Å². The minimum absolute atomic E-state index is 0.150. The fraction of sp³-hybridized carbons (Fsp3) is 0.318. The van der Waals surface area contributed by atoms with Crippen molar-refractivity contribution in [3.05, 3.63) is 58.2 Å². The smallest absolute Gasteiger partial charge is 0.354 e. The van der Waals surface area contributed by atoms with Gasteiger partial charge in [0.15, 0.2) is 11.5 Å². The monoisotopic (exact) mass is 492 g/mol. The molecule has 1 aromatic heterocycles. The summed E-state index contributed by atoms with van der Waals surface area (Å²) >= 11 is 3.42. The SMILES string of the molecule is Cc1cc(NC(=O)[C@@H]2CCCN(c3nc4ccccc4nc3C(F)(F)F)C2)ccc1Br. The molecule has 5 nitrogen and oxygen atoms in total. The van der Waals surface area contributed by atoms with Crippen molar-refractivity contribution in [1.82, 2.24) is 9.97 Å². The number of alkyl halides is 3. The molecule has 9 heteroatoms. The summed E-state index contributed by atoms with van der Waals surface area (Å²) in [6.45, 7) is 2.45. The molecule has 0 saturated carbocycles. The van der Waals surface area contributed by atoms with E-state index in [0.29, 0.717) is 30.6 Å². The van der Waals surface area contributed by atoms with E-state index in [0.717, 1.165) is 10.0 Å². The zero-order chi connectivity index (χ0) is 22.2. The average molecular weight is 493 g/mol. The standard InChI is InChI=1S/C22H20BrF3N4O/c1-13-11-15(8-9-16(13)23)27-21(31)14-5-4-10-30(12-14)20-19(22(24,25)26)28-17-6-2-3-7-18(17)29-20/h2-3,6-9,11,14H,4-5,10,12H2,1H3,(H,27,31)/t14-/m1/s1. The molecule has 0 aliphatic carbocycles. The number of nitrogens with zero attached hydrogens (tertiary/aromatic N) is 3. The Balaban J connectivity index is 1.60.